The van der Waals surface area contributed by atoms with Gasteiger partial charge in [0.2, 0.25) is 5.95 Å². The molecule has 5 heteroatoms. The van der Waals surface area contributed by atoms with Crippen LogP contribution < -0.4 is 5.32 Å². The predicted molar refractivity (Wildman–Crippen MR) is 95.2 cm³/mol. The number of ether oxygens (including phenoxy) is 1. The summed E-state index contributed by atoms with van der Waals surface area (Å²) in [5.74, 6) is 0.685. The average Bonchev–Trinajstić information content (AvgIpc) is 2.87. The molecule has 24 heavy (non-hydrogen) atoms. The molecule has 2 N–H and O–H groups in total. The fourth-order valence-corrected chi connectivity index (χ4v) is 3.32. The van der Waals surface area contributed by atoms with E-state index >= 15 is 0 Å². The fraction of sp³-hybridized carbons (Fsp3) is 0.368. The minimum absolute atomic E-state index is 0.620. The van der Waals surface area contributed by atoms with Gasteiger partial charge in [-0.2, -0.15) is 0 Å². The number of hydrogen-bond acceptors (Lipinski definition) is 4. The third-order valence-corrected chi connectivity index (χ3v) is 4.78. The lowest BCUT2D eigenvalue weighted by atomic mass is 10.0. The number of hydrogen-bond donors (Lipinski definition) is 2. The Balaban J connectivity index is 1.62. The molecule has 0 saturated heterocycles. The Labute approximate surface area is 141 Å². The Morgan fingerprint density at radius 2 is 2.12 bits per heavy atom. The van der Waals surface area contributed by atoms with Gasteiger partial charge in [-0.05, 0) is 38.0 Å². The van der Waals surface area contributed by atoms with Gasteiger partial charge >= 0.3 is 0 Å². The Hall–Kier alpha value is -2.40. The maximum atomic E-state index is 5.44. The highest BCUT2D eigenvalue weighted by Crippen LogP contribution is 2.26. The van der Waals surface area contributed by atoms with Crippen LogP contribution in [0.15, 0.2) is 18.3 Å². The van der Waals surface area contributed by atoms with Crippen LogP contribution in [0, 0.1) is 20.8 Å². The molecule has 0 bridgehead atoms. The lowest BCUT2D eigenvalue weighted by Gasteiger charge is -2.16. The zero-order valence-corrected chi connectivity index (χ0v) is 14.4. The Morgan fingerprint density at radius 3 is 3.00 bits per heavy atom. The average molecular weight is 322 g/mol. The monoisotopic (exact) mass is 322 g/mol. The van der Waals surface area contributed by atoms with Crippen molar-refractivity contribution in [1.82, 2.24) is 15.0 Å². The summed E-state index contributed by atoms with van der Waals surface area (Å²) in [6, 6.07) is 4.46. The van der Waals surface area contributed by atoms with Crippen LogP contribution in [0.4, 0.5) is 5.95 Å². The lowest BCUT2D eigenvalue weighted by Crippen LogP contribution is -2.14. The van der Waals surface area contributed by atoms with Crippen molar-refractivity contribution < 1.29 is 4.74 Å². The summed E-state index contributed by atoms with van der Waals surface area (Å²) in [6.07, 6.45) is 2.73. The van der Waals surface area contributed by atoms with E-state index in [0.717, 1.165) is 24.3 Å². The third kappa shape index (κ3) is 2.65. The minimum Gasteiger partial charge on any atom is -0.376 e. The largest absolute Gasteiger partial charge is 0.376 e. The third-order valence-electron chi connectivity index (χ3n) is 4.78. The van der Waals surface area contributed by atoms with E-state index in [1.54, 1.807) is 0 Å². The van der Waals surface area contributed by atoms with Crippen LogP contribution >= 0.6 is 0 Å². The van der Waals surface area contributed by atoms with E-state index < -0.39 is 0 Å². The number of nitrogens with zero attached hydrogens (tertiary/aromatic N) is 2. The molecule has 5 nitrogen and oxygen atoms in total. The second-order valence-corrected chi connectivity index (χ2v) is 6.54. The van der Waals surface area contributed by atoms with E-state index in [2.05, 4.69) is 53.2 Å². The molecule has 2 aromatic heterocycles. The van der Waals surface area contributed by atoms with Crippen molar-refractivity contribution in [3.63, 3.8) is 0 Å². The first-order chi connectivity index (χ1) is 11.6. The molecule has 0 radical (unpaired) electrons. The van der Waals surface area contributed by atoms with Crippen molar-refractivity contribution in [2.75, 3.05) is 11.9 Å². The second kappa shape index (κ2) is 5.91. The molecule has 0 spiro atoms. The van der Waals surface area contributed by atoms with Gasteiger partial charge in [-0.15, -0.1) is 0 Å². The van der Waals surface area contributed by atoms with Crippen LogP contribution in [-0.2, 0) is 24.3 Å². The van der Waals surface area contributed by atoms with Crippen LogP contribution in [0.3, 0.4) is 0 Å². The van der Waals surface area contributed by atoms with E-state index in [1.807, 2.05) is 6.20 Å². The summed E-state index contributed by atoms with van der Waals surface area (Å²) in [5.41, 5.74) is 8.45. The molecule has 1 aliphatic rings. The Kier molecular flexibility index (Phi) is 3.73. The van der Waals surface area contributed by atoms with Gasteiger partial charge < -0.3 is 15.0 Å². The van der Waals surface area contributed by atoms with Crippen molar-refractivity contribution in [3.8, 4) is 0 Å². The summed E-state index contributed by atoms with van der Waals surface area (Å²) in [4.78, 5) is 12.6. The number of aromatic nitrogens is 3. The maximum absolute atomic E-state index is 5.44. The predicted octanol–water partition coefficient (Wildman–Crippen LogP) is 3.57. The normalized spacial score (nSPS) is 14.0. The smallest absolute Gasteiger partial charge is 0.223 e. The van der Waals surface area contributed by atoms with Gasteiger partial charge in [-0.25, -0.2) is 9.97 Å². The van der Waals surface area contributed by atoms with Crippen molar-refractivity contribution in [1.29, 1.82) is 0 Å². The lowest BCUT2D eigenvalue weighted by molar-refractivity contribution is 0.109. The zero-order valence-electron chi connectivity index (χ0n) is 14.4. The highest BCUT2D eigenvalue weighted by Gasteiger charge is 2.13. The molecule has 0 fully saturated rings. The standard InChI is InChI=1S/C19H22N4O/c1-11-6-14(18-16(7-11)12(2)13(3)22-18)8-20-19-21-9-15-10-24-5-4-17(15)23-19/h6-7,9,22H,4-5,8,10H2,1-3H3,(H,20,21,23). The highest BCUT2D eigenvalue weighted by molar-refractivity contribution is 5.88. The van der Waals surface area contributed by atoms with Crippen molar-refractivity contribution in [2.24, 2.45) is 0 Å². The van der Waals surface area contributed by atoms with Crippen molar-refractivity contribution in [3.05, 3.63) is 52.0 Å². The first-order valence-electron chi connectivity index (χ1n) is 8.36. The summed E-state index contributed by atoms with van der Waals surface area (Å²) in [6.45, 7) is 8.49. The number of H-pyrrole nitrogens is 1. The molecule has 0 amide bonds. The van der Waals surface area contributed by atoms with Gasteiger partial charge in [-0.3, -0.25) is 0 Å². The molecule has 0 atom stereocenters. The van der Waals surface area contributed by atoms with E-state index in [4.69, 9.17) is 4.74 Å². The van der Waals surface area contributed by atoms with E-state index in [0.29, 0.717) is 19.1 Å². The summed E-state index contributed by atoms with van der Waals surface area (Å²) in [7, 11) is 0. The minimum atomic E-state index is 0.620. The number of anilines is 1. The second-order valence-electron chi connectivity index (χ2n) is 6.54. The van der Waals surface area contributed by atoms with E-state index in [-0.39, 0.29) is 0 Å². The molecule has 1 aromatic carbocycles. The van der Waals surface area contributed by atoms with Crippen LogP contribution in [0.5, 0.6) is 0 Å². The Morgan fingerprint density at radius 1 is 1.25 bits per heavy atom. The first kappa shape index (κ1) is 15.1. The van der Waals surface area contributed by atoms with E-state index in [9.17, 15) is 0 Å². The molecule has 0 saturated carbocycles. The Bertz CT molecular complexity index is 913. The van der Waals surface area contributed by atoms with Gasteiger partial charge in [0.25, 0.3) is 0 Å². The molecule has 1 aliphatic heterocycles. The molecule has 0 aliphatic carbocycles. The van der Waals surface area contributed by atoms with Gasteiger partial charge in [0.15, 0.2) is 0 Å². The SMILES string of the molecule is Cc1cc(CNc2ncc3c(n2)CCOC3)c2[nH]c(C)c(C)c2c1. The highest BCUT2D eigenvalue weighted by atomic mass is 16.5. The van der Waals surface area contributed by atoms with Crippen molar-refractivity contribution >= 4 is 16.9 Å². The van der Waals surface area contributed by atoms with Gasteiger partial charge in [0, 0.05) is 35.8 Å². The van der Waals surface area contributed by atoms with Gasteiger partial charge in [0.05, 0.1) is 24.4 Å². The molecular formula is C19H22N4O. The fourth-order valence-electron chi connectivity index (χ4n) is 3.32. The summed E-state index contributed by atoms with van der Waals surface area (Å²) < 4.78 is 5.44. The van der Waals surface area contributed by atoms with Gasteiger partial charge in [-0.1, -0.05) is 11.6 Å². The van der Waals surface area contributed by atoms with Crippen LogP contribution in [0.25, 0.3) is 10.9 Å². The first-order valence-corrected chi connectivity index (χ1v) is 8.36. The molecule has 124 valence electrons. The maximum Gasteiger partial charge on any atom is 0.223 e. The number of nitrogens with one attached hydrogen (secondary N) is 2. The summed E-state index contributed by atoms with van der Waals surface area (Å²) >= 11 is 0. The quantitative estimate of drug-likeness (QED) is 0.774. The number of fused-ring (bicyclic) bond motifs is 2. The zero-order chi connectivity index (χ0) is 16.7. The van der Waals surface area contributed by atoms with Crippen LogP contribution in [-0.4, -0.2) is 21.6 Å². The van der Waals surface area contributed by atoms with Crippen molar-refractivity contribution in [2.45, 2.75) is 40.3 Å². The number of aryl methyl sites for hydroxylation is 3. The molecule has 4 rings (SSSR count). The van der Waals surface area contributed by atoms with Crippen LogP contribution in [0.2, 0.25) is 0 Å². The number of aromatic amines is 1. The number of benzene rings is 1. The van der Waals surface area contributed by atoms with E-state index in [1.165, 1.54) is 33.3 Å². The van der Waals surface area contributed by atoms with Crippen LogP contribution in [0.1, 0.15) is 33.6 Å². The summed E-state index contributed by atoms with van der Waals surface area (Å²) in [5, 5.41) is 4.68. The molecule has 3 aromatic rings. The van der Waals surface area contributed by atoms with Gasteiger partial charge in [0.1, 0.15) is 0 Å². The molecule has 0 unspecified atom stereocenters. The molecule has 3 heterocycles. The number of rotatable bonds is 3. The molecular weight excluding hydrogens is 300 g/mol. The topological polar surface area (TPSA) is 62.8 Å².